The monoisotopic (exact) mass is 321 g/mol. The second-order valence-corrected chi connectivity index (χ2v) is 7.18. The summed E-state index contributed by atoms with van der Waals surface area (Å²) in [4.78, 5) is 28.8. The highest BCUT2D eigenvalue weighted by molar-refractivity contribution is 5.69. The molecule has 0 saturated carbocycles. The van der Waals surface area contributed by atoms with Gasteiger partial charge in [0.25, 0.3) is 5.69 Å². The van der Waals surface area contributed by atoms with Crippen LogP contribution in [0.3, 0.4) is 0 Å². The molecule has 1 aliphatic rings. The van der Waals surface area contributed by atoms with Crippen molar-refractivity contribution in [3.05, 3.63) is 33.6 Å². The summed E-state index contributed by atoms with van der Waals surface area (Å²) in [6.45, 7) is 10.3. The zero-order valence-electron chi connectivity index (χ0n) is 14.3. The molecular formula is C16H23N3O4. The summed E-state index contributed by atoms with van der Waals surface area (Å²) >= 11 is 0. The van der Waals surface area contributed by atoms with E-state index in [4.69, 9.17) is 4.74 Å². The van der Waals surface area contributed by atoms with Gasteiger partial charge in [-0.05, 0) is 20.3 Å². The number of pyridine rings is 1. The Balaban J connectivity index is 2.30. The van der Waals surface area contributed by atoms with Crippen molar-refractivity contribution in [1.29, 1.82) is 0 Å². The van der Waals surface area contributed by atoms with Crippen LogP contribution in [-0.2, 0) is 16.7 Å². The van der Waals surface area contributed by atoms with Crippen molar-refractivity contribution in [2.45, 2.75) is 58.6 Å². The molecule has 7 nitrogen and oxygen atoms in total. The number of carbonyl (C=O) groups excluding carboxylic acids is 1. The lowest BCUT2D eigenvalue weighted by Crippen LogP contribution is -2.47. The Morgan fingerprint density at radius 2 is 2.17 bits per heavy atom. The van der Waals surface area contributed by atoms with Crippen molar-refractivity contribution in [1.82, 2.24) is 9.88 Å². The van der Waals surface area contributed by atoms with Crippen molar-refractivity contribution in [3.8, 4) is 0 Å². The third-order valence-corrected chi connectivity index (χ3v) is 4.22. The van der Waals surface area contributed by atoms with E-state index in [0.717, 1.165) is 5.69 Å². The summed E-state index contributed by atoms with van der Waals surface area (Å²) in [5.41, 5.74) is 0.493. The van der Waals surface area contributed by atoms with Crippen molar-refractivity contribution in [2.24, 2.45) is 0 Å². The maximum absolute atomic E-state index is 12.4. The number of hydrogen-bond acceptors (Lipinski definition) is 5. The third kappa shape index (κ3) is 3.60. The summed E-state index contributed by atoms with van der Waals surface area (Å²) < 4.78 is 5.55. The summed E-state index contributed by atoms with van der Waals surface area (Å²) in [6.07, 6.45) is 1.58. The van der Waals surface area contributed by atoms with Crippen LogP contribution in [0.4, 0.5) is 10.5 Å². The van der Waals surface area contributed by atoms with Crippen LogP contribution in [0.2, 0.25) is 0 Å². The third-order valence-electron chi connectivity index (χ3n) is 4.22. The Hall–Kier alpha value is -2.18. The van der Waals surface area contributed by atoms with Crippen LogP contribution in [0.1, 0.15) is 52.3 Å². The SMILES string of the molecule is CCC(C)(C)OC(=O)N1Cc2cc([N+](=O)[O-])cnc2C(C)(C)C1. The van der Waals surface area contributed by atoms with E-state index in [2.05, 4.69) is 4.98 Å². The number of rotatable bonds is 3. The van der Waals surface area contributed by atoms with E-state index < -0.39 is 22.0 Å². The van der Waals surface area contributed by atoms with Gasteiger partial charge in [0.15, 0.2) is 0 Å². The number of carbonyl (C=O) groups is 1. The standard InChI is InChI=1S/C16H23N3O4/c1-6-16(4,5)23-14(20)18-9-11-7-12(19(21)22)8-17-13(11)15(2,3)10-18/h7-8H,6,9-10H2,1-5H3. The first-order valence-corrected chi connectivity index (χ1v) is 7.67. The molecule has 23 heavy (non-hydrogen) atoms. The Morgan fingerprint density at radius 3 is 2.74 bits per heavy atom. The zero-order valence-corrected chi connectivity index (χ0v) is 14.3. The topological polar surface area (TPSA) is 85.6 Å². The molecule has 0 radical (unpaired) electrons. The highest BCUT2D eigenvalue weighted by atomic mass is 16.6. The first kappa shape index (κ1) is 17.2. The lowest BCUT2D eigenvalue weighted by molar-refractivity contribution is -0.385. The van der Waals surface area contributed by atoms with E-state index in [0.29, 0.717) is 18.5 Å². The molecule has 1 aromatic rings. The van der Waals surface area contributed by atoms with Gasteiger partial charge in [0, 0.05) is 23.6 Å². The predicted molar refractivity (Wildman–Crippen MR) is 85.2 cm³/mol. The Bertz CT molecular complexity index is 640. The molecule has 7 heteroatoms. The van der Waals surface area contributed by atoms with Crippen molar-refractivity contribution < 1.29 is 14.5 Å². The summed E-state index contributed by atoms with van der Waals surface area (Å²) in [7, 11) is 0. The van der Waals surface area contributed by atoms with Crippen LogP contribution >= 0.6 is 0 Å². The smallest absolute Gasteiger partial charge is 0.410 e. The molecule has 0 spiro atoms. The molecule has 0 N–H and O–H groups in total. The van der Waals surface area contributed by atoms with Crippen LogP contribution in [0.5, 0.6) is 0 Å². The van der Waals surface area contributed by atoms with Gasteiger partial charge < -0.3 is 9.64 Å². The first-order valence-electron chi connectivity index (χ1n) is 7.67. The molecule has 0 aliphatic carbocycles. The fourth-order valence-electron chi connectivity index (χ4n) is 2.64. The fraction of sp³-hybridized carbons (Fsp3) is 0.625. The summed E-state index contributed by atoms with van der Waals surface area (Å²) in [6, 6.07) is 1.49. The molecule has 126 valence electrons. The molecule has 1 aliphatic heterocycles. The van der Waals surface area contributed by atoms with Gasteiger partial charge in [-0.15, -0.1) is 0 Å². The van der Waals surface area contributed by atoms with Crippen LogP contribution in [-0.4, -0.2) is 33.0 Å². The first-order chi connectivity index (χ1) is 10.6. The molecule has 1 aromatic heterocycles. The highest BCUT2D eigenvalue weighted by Crippen LogP contribution is 2.34. The predicted octanol–water partition coefficient (Wildman–Crippen LogP) is 3.41. The van der Waals surface area contributed by atoms with Gasteiger partial charge in [0.05, 0.1) is 17.2 Å². The van der Waals surface area contributed by atoms with Crippen molar-refractivity contribution >= 4 is 11.8 Å². The number of nitrogens with zero attached hydrogens (tertiary/aromatic N) is 3. The Morgan fingerprint density at radius 1 is 1.52 bits per heavy atom. The number of ether oxygens (including phenoxy) is 1. The van der Waals surface area contributed by atoms with Gasteiger partial charge in [-0.2, -0.15) is 0 Å². The zero-order chi connectivity index (χ0) is 17.4. The highest BCUT2D eigenvalue weighted by Gasteiger charge is 2.37. The number of hydrogen-bond donors (Lipinski definition) is 0. The largest absolute Gasteiger partial charge is 0.443 e. The van der Waals surface area contributed by atoms with Crippen LogP contribution < -0.4 is 0 Å². The average molecular weight is 321 g/mol. The van der Waals surface area contributed by atoms with E-state index >= 15 is 0 Å². The van der Waals surface area contributed by atoms with E-state index in [9.17, 15) is 14.9 Å². The fourth-order valence-corrected chi connectivity index (χ4v) is 2.64. The minimum atomic E-state index is -0.539. The number of nitro groups is 1. The minimum absolute atomic E-state index is 0.0661. The second-order valence-electron chi connectivity index (χ2n) is 7.18. The lowest BCUT2D eigenvalue weighted by atomic mass is 9.82. The molecule has 1 amide bonds. The molecule has 2 heterocycles. The molecular weight excluding hydrogens is 298 g/mol. The van der Waals surface area contributed by atoms with Crippen LogP contribution in [0.15, 0.2) is 12.3 Å². The van der Waals surface area contributed by atoms with Gasteiger partial charge in [-0.1, -0.05) is 20.8 Å². The number of fused-ring (bicyclic) bond motifs is 1. The van der Waals surface area contributed by atoms with Crippen LogP contribution in [0.25, 0.3) is 0 Å². The maximum atomic E-state index is 12.4. The molecule has 0 saturated heterocycles. The van der Waals surface area contributed by atoms with Gasteiger partial charge in [-0.3, -0.25) is 15.1 Å². The van der Waals surface area contributed by atoms with Gasteiger partial charge >= 0.3 is 6.09 Å². The van der Waals surface area contributed by atoms with Gasteiger partial charge in [0.2, 0.25) is 0 Å². The average Bonchev–Trinajstić information content (AvgIpc) is 2.45. The number of amides is 1. The number of aromatic nitrogens is 1. The van der Waals surface area contributed by atoms with Crippen molar-refractivity contribution in [3.63, 3.8) is 0 Å². The van der Waals surface area contributed by atoms with E-state index in [1.54, 1.807) is 4.90 Å². The van der Waals surface area contributed by atoms with E-state index in [1.807, 2.05) is 34.6 Å². The Labute approximate surface area is 135 Å². The van der Waals surface area contributed by atoms with Gasteiger partial charge in [-0.25, -0.2) is 4.79 Å². The summed E-state index contributed by atoms with van der Waals surface area (Å²) in [5, 5.41) is 11.0. The van der Waals surface area contributed by atoms with E-state index in [1.165, 1.54) is 12.3 Å². The quantitative estimate of drug-likeness (QED) is 0.629. The van der Waals surface area contributed by atoms with Gasteiger partial charge in [0.1, 0.15) is 11.8 Å². The molecule has 0 atom stereocenters. The molecule has 0 unspecified atom stereocenters. The summed E-state index contributed by atoms with van der Waals surface area (Å²) in [5.74, 6) is 0. The van der Waals surface area contributed by atoms with Crippen LogP contribution in [0, 0.1) is 10.1 Å². The second kappa shape index (κ2) is 5.79. The normalized spacial score (nSPS) is 16.7. The van der Waals surface area contributed by atoms with Crippen molar-refractivity contribution in [2.75, 3.05) is 6.54 Å². The molecule has 0 aromatic carbocycles. The molecule has 0 fully saturated rings. The Kier molecular flexibility index (Phi) is 4.32. The minimum Gasteiger partial charge on any atom is -0.443 e. The van der Waals surface area contributed by atoms with E-state index in [-0.39, 0.29) is 12.2 Å². The molecule has 0 bridgehead atoms. The molecule has 2 rings (SSSR count). The lowest BCUT2D eigenvalue weighted by Gasteiger charge is -2.39. The maximum Gasteiger partial charge on any atom is 0.410 e.